The van der Waals surface area contributed by atoms with E-state index in [2.05, 4.69) is 15.1 Å². The Hall–Kier alpha value is -1.32. The fraction of sp³-hybridized carbons (Fsp3) is 0.200. The van der Waals surface area contributed by atoms with E-state index in [4.69, 9.17) is 0 Å². The fourth-order valence-electron chi connectivity index (χ4n) is 0.770. The topological polar surface area (TPSA) is 40.1 Å². The van der Waals surface area contributed by atoms with E-state index in [1.165, 1.54) is 6.34 Å². The molecule has 0 bridgehead atoms. The van der Waals surface area contributed by atoms with Crippen molar-refractivity contribution in [3.8, 4) is 0 Å². The molecule has 0 amide bonds. The van der Waals surface area contributed by atoms with Crippen molar-refractivity contribution >= 4 is 12.7 Å². The standard InChI is InChI=1S/C5H5N4/c1-2-8-9-4-6-3-7-5(1)9/h1-5H/q+1. The minimum absolute atomic E-state index is 0.0718. The van der Waals surface area contributed by atoms with Crippen molar-refractivity contribution in [2.75, 3.05) is 0 Å². The number of nitrogens with zero attached hydrogens (tertiary/aromatic N) is 4. The number of aliphatic imine (C=N–C) groups is 2. The molecule has 0 saturated carbocycles. The number of hydrogen-bond donors (Lipinski definition) is 0. The van der Waals surface area contributed by atoms with Gasteiger partial charge in [-0.25, -0.2) is 0 Å². The first-order chi connectivity index (χ1) is 4.47. The number of azo groups is 2. The lowest BCUT2D eigenvalue weighted by molar-refractivity contribution is -0.491. The molecule has 0 aromatic carbocycles. The molecule has 0 N–H and O–H groups in total. The summed E-state index contributed by atoms with van der Waals surface area (Å²) < 4.78 is 1.69. The zero-order valence-corrected chi connectivity index (χ0v) is 4.68. The first-order valence-corrected chi connectivity index (χ1v) is 2.67. The van der Waals surface area contributed by atoms with Crippen molar-refractivity contribution in [1.29, 1.82) is 0 Å². The normalized spacial score (nSPS) is 28.4. The van der Waals surface area contributed by atoms with Crippen LogP contribution in [0.2, 0.25) is 0 Å². The molecule has 4 heteroatoms. The average Bonchev–Trinajstić information content (AvgIpc) is 2.33. The van der Waals surface area contributed by atoms with E-state index in [1.807, 2.05) is 6.08 Å². The molecule has 9 heavy (non-hydrogen) atoms. The Morgan fingerprint density at radius 2 is 2.44 bits per heavy atom. The van der Waals surface area contributed by atoms with Crippen LogP contribution < -0.4 is 0 Å². The largest absolute Gasteiger partial charge is 0.310 e. The number of fused-ring (bicyclic) bond motifs is 1. The first kappa shape index (κ1) is 4.55. The molecule has 0 aromatic heterocycles. The molecule has 1 atom stereocenters. The lowest BCUT2D eigenvalue weighted by Gasteiger charge is -1.97. The third-order valence-electron chi connectivity index (χ3n) is 1.20. The molecule has 1 unspecified atom stereocenters. The van der Waals surface area contributed by atoms with E-state index in [9.17, 15) is 0 Å². The second-order valence-electron chi connectivity index (χ2n) is 1.78. The average molecular weight is 121 g/mol. The molecule has 2 heterocycles. The third kappa shape index (κ3) is 0.595. The summed E-state index contributed by atoms with van der Waals surface area (Å²) >= 11 is 0. The lowest BCUT2D eigenvalue weighted by Crippen LogP contribution is -2.19. The monoisotopic (exact) mass is 121 g/mol. The summed E-state index contributed by atoms with van der Waals surface area (Å²) in [5.74, 6) is 0. The second-order valence-corrected chi connectivity index (χ2v) is 1.78. The summed E-state index contributed by atoms with van der Waals surface area (Å²) in [6.07, 6.45) is 6.88. The van der Waals surface area contributed by atoms with Crippen LogP contribution in [0.4, 0.5) is 0 Å². The summed E-state index contributed by atoms with van der Waals surface area (Å²) in [6.45, 7) is 0. The lowest BCUT2D eigenvalue weighted by atomic mass is 10.5. The van der Waals surface area contributed by atoms with Crippen LogP contribution >= 0.6 is 0 Å². The maximum absolute atomic E-state index is 4.01. The van der Waals surface area contributed by atoms with Crippen molar-refractivity contribution in [1.82, 2.24) is 0 Å². The molecular formula is C5H5N4+. The SMILES string of the molecule is C1=CC2N=CN=C[N+]2=N1. The molecule has 2 rings (SSSR count). The van der Waals surface area contributed by atoms with Gasteiger partial charge < -0.3 is 0 Å². The zero-order valence-electron chi connectivity index (χ0n) is 4.68. The molecule has 0 saturated heterocycles. The highest BCUT2D eigenvalue weighted by Gasteiger charge is 2.19. The summed E-state index contributed by atoms with van der Waals surface area (Å²) in [5.41, 5.74) is 0. The summed E-state index contributed by atoms with van der Waals surface area (Å²) in [6, 6.07) is 0. The Kier molecular flexibility index (Phi) is 0.798. The fourth-order valence-corrected chi connectivity index (χ4v) is 0.770. The number of hydrogen-bond acceptors (Lipinski definition) is 3. The number of rotatable bonds is 0. The molecule has 0 radical (unpaired) electrons. The smallest absolute Gasteiger partial charge is 0.197 e. The molecule has 4 nitrogen and oxygen atoms in total. The molecule has 0 spiro atoms. The van der Waals surface area contributed by atoms with Gasteiger partial charge in [0, 0.05) is 6.08 Å². The van der Waals surface area contributed by atoms with Crippen LogP contribution in [0.3, 0.4) is 0 Å². The van der Waals surface area contributed by atoms with Gasteiger partial charge in [-0.15, -0.1) is 4.70 Å². The highest BCUT2D eigenvalue weighted by Crippen LogP contribution is 2.05. The van der Waals surface area contributed by atoms with Crippen molar-refractivity contribution in [2.45, 2.75) is 6.17 Å². The van der Waals surface area contributed by atoms with Crippen LogP contribution in [-0.4, -0.2) is 23.5 Å². The molecule has 0 aromatic rings. The van der Waals surface area contributed by atoms with E-state index in [-0.39, 0.29) is 6.17 Å². The van der Waals surface area contributed by atoms with Crippen LogP contribution in [0.25, 0.3) is 0 Å². The molecule has 0 fully saturated rings. The van der Waals surface area contributed by atoms with Crippen LogP contribution in [0.5, 0.6) is 0 Å². The highest BCUT2D eigenvalue weighted by molar-refractivity contribution is 5.68. The highest BCUT2D eigenvalue weighted by atomic mass is 15.4. The maximum atomic E-state index is 4.01. The van der Waals surface area contributed by atoms with E-state index in [0.717, 1.165) is 0 Å². The Morgan fingerprint density at radius 1 is 1.44 bits per heavy atom. The van der Waals surface area contributed by atoms with Crippen molar-refractivity contribution in [3.63, 3.8) is 0 Å². The minimum Gasteiger partial charge on any atom is -0.197 e. The van der Waals surface area contributed by atoms with E-state index >= 15 is 0 Å². The van der Waals surface area contributed by atoms with Crippen molar-refractivity contribution in [2.24, 2.45) is 15.1 Å². The second kappa shape index (κ2) is 1.58. The first-order valence-electron chi connectivity index (χ1n) is 2.67. The summed E-state index contributed by atoms with van der Waals surface area (Å²) in [7, 11) is 0. The molecular weight excluding hydrogens is 116 g/mol. The van der Waals surface area contributed by atoms with Gasteiger partial charge in [-0.3, -0.25) is 0 Å². The molecule has 44 valence electrons. The Balaban J connectivity index is 2.40. The van der Waals surface area contributed by atoms with E-state index in [1.54, 1.807) is 17.2 Å². The van der Waals surface area contributed by atoms with Crippen LogP contribution in [0.15, 0.2) is 27.4 Å². The summed E-state index contributed by atoms with van der Waals surface area (Å²) in [4.78, 5) is 7.81. The van der Waals surface area contributed by atoms with Gasteiger partial charge in [0.2, 0.25) is 12.5 Å². The van der Waals surface area contributed by atoms with Gasteiger partial charge in [-0.05, 0) is 4.99 Å². The van der Waals surface area contributed by atoms with E-state index in [0.29, 0.717) is 0 Å². The van der Waals surface area contributed by atoms with Crippen LogP contribution in [-0.2, 0) is 0 Å². The van der Waals surface area contributed by atoms with Gasteiger partial charge in [0.05, 0.1) is 6.20 Å². The van der Waals surface area contributed by atoms with Crippen molar-refractivity contribution in [3.05, 3.63) is 12.3 Å². The molecule has 2 aliphatic rings. The van der Waals surface area contributed by atoms with Gasteiger partial charge in [0.1, 0.15) is 0 Å². The zero-order chi connectivity index (χ0) is 6.10. The quantitative estimate of drug-likeness (QED) is 0.415. The molecule has 0 aliphatic carbocycles. The predicted octanol–water partition coefficient (Wildman–Crippen LogP) is 0.375. The van der Waals surface area contributed by atoms with E-state index < -0.39 is 0 Å². The van der Waals surface area contributed by atoms with Gasteiger partial charge in [0.15, 0.2) is 0 Å². The Bertz CT molecular complexity index is 235. The maximum Gasteiger partial charge on any atom is 0.310 e. The van der Waals surface area contributed by atoms with Crippen LogP contribution in [0, 0.1) is 0 Å². The minimum atomic E-state index is 0.0718. The predicted molar refractivity (Wildman–Crippen MR) is 32.6 cm³/mol. The van der Waals surface area contributed by atoms with Gasteiger partial charge in [0.25, 0.3) is 0 Å². The van der Waals surface area contributed by atoms with Gasteiger partial charge >= 0.3 is 6.34 Å². The third-order valence-corrected chi connectivity index (χ3v) is 1.20. The van der Waals surface area contributed by atoms with Gasteiger partial charge in [-0.2, -0.15) is 4.99 Å². The Morgan fingerprint density at radius 3 is 3.33 bits per heavy atom. The molecule has 2 aliphatic heterocycles. The Labute approximate surface area is 51.9 Å². The van der Waals surface area contributed by atoms with Gasteiger partial charge in [-0.1, -0.05) is 5.11 Å². The summed E-state index contributed by atoms with van der Waals surface area (Å²) in [5, 5.41) is 3.95. The van der Waals surface area contributed by atoms with Crippen molar-refractivity contribution < 1.29 is 4.70 Å². The van der Waals surface area contributed by atoms with Crippen LogP contribution in [0.1, 0.15) is 0 Å².